The van der Waals surface area contributed by atoms with Crippen molar-refractivity contribution in [1.29, 1.82) is 0 Å². The normalized spacial score (nSPS) is 11.0. The number of carbonyl (C=O) groups excluding carboxylic acids is 1. The van der Waals surface area contributed by atoms with Crippen molar-refractivity contribution in [2.75, 3.05) is 6.61 Å². The van der Waals surface area contributed by atoms with E-state index in [4.69, 9.17) is 4.74 Å². The molecule has 2 rings (SSSR count). The minimum absolute atomic E-state index is 0.143. The van der Waals surface area contributed by atoms with Crippen molar-refractivity contribution in [2.45, 2.75) is 6.92 Å². The number of hydrogen-bond acceptors (Lipinski definition) is 6. The Morgan fingerprint density at radius 2 is 1.76 bits per heavy atom. The van der Waals surface area contributed by atoms with Crippen LogP contribution >= 0.6 is 0 Å². The van der Waals surface area contributed by atoms with E-state index in [0.29, 0.717) is 5.57 Å². The molecule has 0 radical (unpaired) electrons. The Hall–Kier alpha value is -3.55. The van der Waals surface area contributed by atoms with E-state index in [1.165, 1.54) is 6.92 Å². The zero-order valence-electron chi connectivity index (χ0n) is 13.2. The Balaban J connectivity index is 2.26. The first-order valence-corrected chi connectivity index (χ1v) is 7.20. The van der Waals surface area contributed by atoms with Gasteiger partial charge in [0.25, 0.3) is 5.69 Å². The number of non-ortho nitro benzene ring substituents is 1. The van der Waals surface area contributed by atoms with E-state index >= 15 is 0 Å². The number of nitro benzene ring substituents is 2. The van der Waals surface area contributed by atoms with Gasteiger partial charge in [0.1, 0.15) is 6.61 Å². The van der Waals surface area contributed by atoms with Crippen LogP contribution in [0.4, 0.5) is 11.4 Å². The fourth-order valence-electron chi connectivity index (χ4n) is 2.03. The van der Waals surface area contributed by atoms with Gasteiger partial charge in [0.15, 0.2) is 11.5 Å². The summed E-state index contributed by atoms with van der Waals surface area (Å²) in [5, 5.41) is 21.8. The SMILES string of the molecule is CC(=O)/C(=C/c1ccccc1)COc1ccc([N+](=O)[O-])cc1[N+](=O)[O-]. The Morgan fingerprint density at radius 1 is 1.08 bits per heavy atom. The Bertz CT molecular complexity index is 845. The molecule has 0 atom stereocenters. The van der Waals surface area contributed by atoms with Crippen LogP contribution < -0.4 is 4.74 Å². The van der Waals surface area contributed by atoms with Crippen LogP contribution in [0.25, 0.3) is 6.08 Å². The molecule has 0 aromatic heterocycles. The average Bonchev–Trinajstić information content (AvgIpc) is 2.58. The highest BCUT2D eigenvalue weighted by Crippen LogP contribution is 2.31. The van der Waals surface area contributed by atoms with Gasteiger partial charge in [-0.25, -0.2) is 0 Å². The molecule has 128 valence electrons. The average molecular weight is 342 g/mol. The van der Waals surface area contributed by atoms with E-state index in [2.05, 4.69) is 0 Å². The number of Topliss-reactive ketones (excluding diaryl/α,β-unsaturated/α-hetero) is 1. The predicted octanol–water partition coefficient (Wildman–Crippen LogP) is 3.55. The van der Waals surface area contributed by atoms with Crippen LogP contribution in [0.15, 0.2) is 54.1 Å². The maximum atomic E-state index is 11.8. The number of ether oxygens (including phenoxy) is 1. The van der Waals surface area contributed by atoms with Gasteiger partial charge in [0.2, 0.25) is 0 Å². The fraction of sp³-hybridized carbons (Fsp3) is 0.118. The van der Waals surface area contributed by atoms with Crippen molar-refractivity contribution in [3.05, 3.63) is 79.9 Å². The fourth-order valence-corrected chi connectivity index (χ4v) is 2.03. The van der Waals surface area contributed by atoms with Gasteiger partial charge in [0, 0.05) is 11.6 Å². The summed E-state index contributed by atoms with van der Waals surface area (Å²) in [6.45, 7) is 1.17. The van der Waals surface area contributed by atoms with Crippen molar-refractivity contribution in [1.82, 2.24) is 0 Å². The Kier molecular flexibility index (Phi) is 5.57. The van der Waals surface area contributed by atoms with E-state index in [1.807, 2.05) is 18.2 Å². The molecule has 0 saturated heterocycles. The highest BCUT2D eigenvalue weighted by Gasteiger charge is 2.21. The standard InChI is InChI=1S/C17H14N2O6/c1-12(20)14(9-13-5-3-2-4-6-13)11-25-17-8-7-15(18(21)22)10-16(17)19(23)24/h2-10H,11H2,1H3/b14-9+. The van der Waals surface area contributed by atoms with Crippen LogP contribution in [0.3, 0.4) is 0 Å². The number of nitrogens with zero attached hydrogens (tertiary/aromatic N) is 2. The molecule has 0 aliphatic heterocycles. The van der Waals surface area contributed by atoms with Crippen molar-refractivity contribution < 1.29 is 19.4 Å². The van der Waals surface area contributed by atoms with Crippen molar-refractivity contribution in [3.8, 4) is 5.75 Å². The van der Waals surface area contributed by atoms with E-state index in [-0.39, 0.29) is 18.1 Å². The first-order valence-electron chi connectivity index (χ1n) is 7.20. The number of rotatable bonds is 7. The number of ketones is 1. The maximum Gasteiger partial charge on any atom is 0.317 e. The van der Waals surface area contributed by atoms with Crippen molar-refractivity contribution in [2.24, 2.45) is 0 Å². The molecule has 8 nitrogen and oxygen atoms in total. The van der Waals surface area contributed by atoms with Gasteiger partial charge < -0.3 is 4.74 Å². The molecular weight excluding hydrogens is 328 g/mol. The second-order valence-corrected chi connectivity index (χ2v) is 5.09. The molecule has 0 saturated carbocycles. The summed E-state index contributed by atoms with van der Waals surface area (Å²) >= 11 is 0. The van der Waals surface area contributed by atoms with Gasteiger partial charge in [-0.15, -0.1) is 0 Å². The van der Waals surface area contributed by atoms with Crippen LogP contribution in [-0.4, -0.2) is 22.2 Å². The second-order valence-electron chi connectivity index (χ2n) is 5.09. The minimum atomic E-state index is -0.767. The zero-order chi connectivity index (χ0) is 18.4. The maximum absolute atomic E-state index is 11.8. The zero-order valence-corrected chi connectivity index (χ0v) is 13.2. The second kappa shape index (κ2) is 7.82. The van der Waals surface area contributed by atoms with Crippen LogP contribution in [0.2, 0.25) is 0 Å². The minimum Gasteiger partial charge on any atom is -0.482 e. The lowest BCUT2D eigenvalue weighted by Gasteiger charge is -2.08. The first-order chi connectivity index (χ1) is 11.9. The predicted molar refractivity (Wildman–Crippen MR) is 90.3 cm³/mol. The number of carbonyl (C=O) groups is 1. The van der Waals surface area contributed by atoms with E-state index in [1.54, 1.807) is 18.2 Å². The Labute approximate surface area is 142 Å². The lowest BCUT2D eigenvalue weighted by Crippen LogP contribution is -2.09. The Morgan fingerprint density at radius 3 is 2.32 bits per heavy atom. The third-order valence-corrected chi connectivity index (χ3v) is 3.33. The molecule has 0 bridgehead atoms. The van der Waals surface area contributed by atoms with Crippen LogP contribution in [-0.2, 0) is 4.79 Å². The van der Waals surface area contributed by atoms with E-state index in [9.17, 15) is 25.0 Å². The third-order valence-electron chi connectivity index (χ3n) is 3.33. The quantitative estimate of drug-likeness (QED) is 0.432. The monoisotopic (exact) mass is 342 g/mol. The molecule has 0 unspecified atom stereocenters. The van der Waals surface area contributed by atoms with Crippen molar-refractivity contribution in [3.63, 3.8) is 0 Å². The summed E-state index contributed by atoms with van der Waals surface area (Å²) in [5.41, 5.74) is 0.163. The number of hydrogen-bond donors (Lipinski definition) is 0. The molecular formula is C17H14N2O6. The van der Waals surface area contributed by atoms with Crippen LogP contribution in [0.5, 0.6) is 5.75 Å². The largest absolute Gasteiger partial charge is 0.482 e. The smallest absolute Gasteiger partial charge is 0.317 e. The molecule has 0 N–H and O–H groups in total. The van der Waals surface area contributed by atoms with Gasteiger partial charge in [-0.2, -0.15) is 0 Å². The highest BCUT2D eigenvalue weighted by molar-refractivity contribution is 5.98. The molecule has 0 aliphatic rings. The summed E-state index contributed by atoms with van der Waals surface area (Å²) in [7, 11) is 0. The topological polar surface area (TPSA) is 113 Å². The summed E-state index contributed by atoms with van der Waals surface area (Å²) < 4.78 is 5.38. The van der Waals surface area contributed by atoms with Gasteiger partial charge in [-0.3, -0.25) is 25.0 Å². The van der Waals surface area contributed by atoms with E-state index < -0.39 is 21.2 Å². The lowest BCUT2D eigenvalue weighted by molar-refractivity contribution is -0.394. The van der Waals surface area contributed by atoms with Crippen LogP contribution in [0, 0.1) is 20.2 Å². The third kappa shape index (κ3) is 4.71. The molecule has 25 heavy (non-hydrogen) atoms. The highest BCUT2D eigenvalue weighted by atomic mass is 16.6. The van der Waals surface area contributed by atoms with Gasteiger partial charge in [-0.1, -0.05) is 30.3 Å². The number of nitro groups is 2. The lowest BCUT2D eigenvalue weighted by atomic mass is 10.1. The molecule has 0 amide bonds. The molecule has 0 heterocycles. The first kappa shape index (κ1) is 17.8. The molecule has 0 aliphatic carbocycles. The number of benzene rings is 2. The van der Waals surface area contributed by atoms with Gasteiger partial charge in [0.05, 0.1) is 15.9 Å². The molecule has 2 aromatic carbocycles. The summed E-state index contributed by atoms with van der Waals surface area (Å²) in [4.78, 5) is 32.1. The molecule has 0 spiro atoms. The summed E-state index contributed by atoms with van der Waals surface area (Å²) in [5.74, 6) is -0.385. The summed E-state index contributed by atoms with van der Waals surface area (Å²) in [6, 6.07) is 12.1. The molecule has 0 fully saturated rings. The summed E-state index contributed by atoms with van der Waals surface area (Å²) in [6.07, 6.45) is 1.62. The van der Waals surface area contributed by atoms with Gasteiger partial charge >= 0.3 is 5.69 Å². The van der Waals surface area contributed by atoms with E-state index in [0.717, 1.165) is 23.8 Å². The molecule has 8 heteroatoms. The van der Waals surface area contributed by atoms with Crippen LogP contribution in [0.1, 0.15) is 12.5 Å². The van der Waals surface area contributed by atoms with Gasteiger partial charge in [-0.05, 0) is 24.6 Å². The van der Waals surface area contributed by atoms with Crippen molar-refractivity contribution >= 4 is 23.2 Å². The molecule has 2 aromatic rings.